The molecular formula is C44H81NO5. The maximum Gasteiger partial charge on any atom is 0.249 e. The van der Waals surface area contributed by atoms with Crippen LogP contribution in [0.25, 0.3) is 0 Å². The van der Waals surface area contributed by atoms with Crippen LogP contribution in [0.4, 0.5) is 0 Å². The second kappa shape index (κ2) is 38.5. The van der Waals surface area contributed by atoms with Gasteiger partial charge in [0, 0.05) is 0 Å². The van der Waals surface area contributed by atoms with Gasteiger partial charge in [-0.15, -0.1) is 0 Å². The Kier molecular flexibility index (Phi) is 37.2. The van der Waals surface area contributed by atoms with Gasteiger partial charge < -0.3 is 25.7 Å². The standard InChI is InChI=1S/C44H81NO5/c1-3-5-7-9-11-13-15-17-19-20-21-22-23-24-26-28-30-32-34-36-38-42(48)44(50)45-40(39-46)43(49)41(47)37-35-33-31-29-27-25-18-16-14-12-10-8-6-4-2/h8,10,16,18,22-23,29,31,40-43,46-49H,3-7,9,11-15,17,19-21,24-28,30,32-39H2,1-2H3,(H,45,50)/b10-8+,18-16+,23-22-,31-29+. The molecule has 6 heteroatoms. The molecule has 1 amide bonds. The molecule has 0 heterocycles. The van der Waals surface area contributed by atoms with Crippen molar-refractivity contribution in [2.24, 2.45) is 0 Å². The van der Waals surface area contributed by atoms with Crippen LogP contribution in [-0.4, -0.2) is 57.3 Å². The Hall–Kier alpha value is -1.73. The van der Waals surface area contributed by atoms with Crippen LogP contribution in [0.2, 0.25) is 0 Å². The minimum Gasteiger partial charge on any atom is -0.394 e. The summed E-state index contributed by atoms with van der Waals surface area (Å²) in [6.07, 6.45) is 45.7. The molecule has 0 saturated carbocycles. The summed E-state index contributed by atoms with van der Waals surface area (Å²) < 4.78 is 0. The molecular weight excluding hydrogens is 622 g/mol. The Bertz CT molecular complexity index is 838. The Labute approximate surface area is 309 Å². The van der Waals surface area contributed by atoms with Crippen molar-refractivity contribution in [3.05, 3.63) is 48.6 Å². The monoisotopic (exact) mass is 704 g/mol. The average Bonchev–Trinajstić information content (AvgIpc) is 3.12. The van der Waals surface area contributed by atoms with Crippen molar-refractivity contribution in [1.29, 1.82) is 0 Å². The topological polar surface area (TPSA) is 110 Å². The Morgan fingerprint density at radius 1 is 0.480 bits per heavy atom. The van der Waals surface area contributed by atoms with Crippen LogP contribution in [0.5, 0.6) is 0 Å². The number of allylic oxidation sites excluding steroid dienone is 8. The zero-order chi connectivity index (χ0) is 36.8. The van der Waals surface area contributed by atoms with Gasteiger partial charge in [0.2, 0.25) is 5.91 Å². The van der Waals surface area contributed by atoms with Gasteiger partial charge in [-0.25, -0.2) is 0 Å². The van der Waals surface area contributed by atoms with Gasteiger partial charge in [0.25, 0.3) is 0 Å². The van der Waals surface area contributed by atoms with Crippen molar-refractivity contribution in [3.63, 3.8) is 0 Å². The highest BCUT2D eigenvalue weighted by Crippen LogP contribution is 2.14. The predicted molar refractivity (Wildman–Crippen MR) is 214 cm³/mol. The summed E-state index contributed by atoms with van der Waals surface area (Å²) in [6, 6.07) is -1.01. The summed E-state index contributed by atoms with van der Waals surface area (Å²) in [5, 5.41) is 43.5. The molecule has 0 aliphatic carbocycles. The van der Waals surface area contributed by atoms with Gasteiger partial charge in [-0.05, 0) is 83.5 Å². The lowest BCUT2D eigenvalue weighted by molar-refractivity contribution is -0.132. The lowest BCUT2D eigenvalue weighted by atomic mass is 10.00. The maximum absolute atomic E-state index is 12.5. The fourth-order valence-corrected chi connectivity index (χ4v) is 6.08. The van der Waals surface area contributed by atoms with Crippen molar-refractivity contribution in [3.8, 4) is 0 Å². The first kappa shape index (κ1) is 48.3. The van der Waals surface area contributed by atoms with E-state index in [0.29, 0.717) is 19.3 Å². The number of hydrogen-bond acceptors (Lipinski definition) is 5. The third-order valence-corrected chi connectivity index (χ3v) is 9.45. The first-order valence-corrected chi connectivity index (χ1v) is 21.0. The van der Waals surface area contributed by atoms with Crippen LogP contribution in [0.1, 0.15) is 194 Å². The lowest BCUT2D eigenvalue weighted by Crippen LogP contribution is -2.53. The molecule has 0 radical (unpaired) electrons. The molecule has 0 aromatic carbocycles. The zero-order valence-electron chi connectivity index (χ0n) is 32.6. The van der Waals surface area contributed by atoms with Gasteiger partial charge in [0.05, 0.1) is 18.8 Å². The number of rotatable bonds is 37. The fraction of sp³-hybridized carbons (Fsp3) is 0.795. The minimum absolute atomic E-state index is 0.350. The summed E-state index contributed by atoms with van der Waals surface area (Å²) in [5.74, 6) is -0.607. The van der Waals surface area contributed by atoms with Crippen molar-refractivity contribution in [2.75, 3.05) is 6.61 Å². The number of carbonyl (C=O) groups is 1. The highest BCUT2D eigenvalue weighted by atomic mass is 16.3. The van der Waals surface area contributed by atoms with Crippen LogP contribution >= 0.6 is 0 Å². The van der Waals surface area contributed by atoms with E-state index in [-0.39, 0.29) is 0 Å². The maximum atomic E-state index is 12.5. The minimum atomic E-state index is -1.29. The van der Waals surface area contributed by atoms with Gasteiger partial charge in [0.15, 0.2) is 0 Å². The molecule has 4 unspecified atom stereocenters. The van der Waals surface area contributed by atoms with E-state index in [2.05, 4.69) is 67.8 Å². The number of hydrogen-bond donors (Lipinski definition) is 5. The molecule has 5 N–H and O–H groups in total. The van der Waals surface area contributed by atoms with E-state index in [1.165, 1.54) is 89.9 Å². The summed E-state index contributed by atoms with van der Waals surface area (Å²) >= 11 is 0. The normalized spacial score (nSPS) is 14.8. The largest absolute Gasteiger partial charge is 0.394 e. The highest BCUT2D eigenvalue weighted by molar-refractivity contribution is 5.80. The second-order valence-corrected chi connectivity index (χ2v) is 14.3. The molecule has 50 heavy (non-hydrogen) atoms. The lowest BCUT2D eigenvalue weighted by Gasteiger charge is -2.27. The molecule has 0 bridgehead atoms. The highest BCUT2D eigenvalue weighted by Gasteiger charge is 2.28. The van der Waals surface area contributed by atoms with Crippen LogP contribution in [0, 0.1) is 0 Å². The molecule has 0 aliphatic heterocycles. The Balaban J connectivity index is 3.83. The van der Waals surface area contributed by atoms with Crippen molar-refractivity contribution in [2.45, 2.75) is 218 Å². The molecule has 0 aromatic heterocycles. The van der Waals surface area contributed by atoms with Gasteiger partial charge in [0.1, 0.15) is 12.2 Å². The third kappa shape index (κ3) is 32.2. The molecule has 6 nitrogen and oxygen atoms in total. The van der Waals surface area contributed by atoms with Crippen LogP contribution in [0.15, 0.2) is 48.6 Å². The summed E-state index contributed by atoms with van der Waals surface area (Å²) in [6.45, 7) is 3.95. The van der Waals surface area contributed by atoms with E-state index >= 15 is 0 Å². The van der Waals surface area contributed by atoms with Crippen LogP contribution < -0.4 is 5.32 Å². The molecule has 0 aromatic rings. The molecule has 0 rings (SSSR count). The van der Waals surface area contributed by atoms with E-state index in [1.807, 2.05) is 0 Å². The number of nitrogens with one attached hydrogen (secondary N) is 1. The third-order valence-electron chi connectivity index (χ3n) is 9.45. The summed E-state index contributed by atoms with van der Waals surface area (Å²) in [4.78, 5) is 12.5. The van der Waals surface area contributed by atoms with Gasteiger partial charge in [-0.2, -0.15) is 0 Å². The van der Waals surface area contributed by atoms with E-state index in [4.69, 9.17) is 0 Å². The Morgan fingerprint density at radius 2 is 0.880 bits per heavy atom. The van der Waals surface area contributed by atoms with E-state index in [1.54, 1.807) is 0 Å². The smallest absolute Gasteiger partial charge is 0.249 e. The molecule has 0 aliphatic rings. The van der Waals surface area contributed by atoms with Gasteiger partial charge in [-0.3, -0.25) is 4.79 Å². The molecule has 0 fully saturated rings. The number of unbranched alkanes of at least 4 members (excludes halogenated alkanes) is 20. The first-order valence-electron chi connectivity index (χ1n) is 21.0. The van der Waals surface area contributed by atoms with E-state index < -0.39 is 36.9 Å². The van der Waals surface area contributed by atoms with Crippen molar-refractivity contribution >= 4 is 5.91 Å². The number of amides is 1. The molecule has 4 atom stereocenters. The van der Waals surface area contributed by atoms with Crippen molar-refractivity contribution < 1.29 is 25.2 Å². The number of carbonyl (C=O) groups excluding carboxylic acids is 1. The summed E-state index contributed by atoms with van der Waals surface area (Å²) in [7, 11) is 0. The van der Waals surface area contributed by atoms with E-state index in [0.717, 1.165) is 70.6 Å². The van der Waals surface area contributed by atoms with Gasteiger partial charge in [-0.1, -0.05) is 159 Å². The quantitative estimate of drug-likeness (QED) is 0.0327. The van der Waals surface area contributed by atoms with Crippen LogP contribution in [0.3, 0.4) is 0 Å². The SMILES string of the molecule is CCC/C=C/CC/C=C/CC/C=C/CCCC(O)C(O)C(CO)NC(=O)C(O)CCCCCCCC/C=C\CCCCCCCCCCCC. The van der Waals surface area contributed by atoms with Gasteiger partial charge >= 0.3 is 0 Å². The zero-order valence-corrected chi connectivity index (χ0v) is 32.6. The number of aliphatic hydroxyl groups excluding tert-OH is 4. The van der Waals surface area contributed by atoms with Crippen molar-refractivity contribution in [1.82, 2.24) is 5.32 Å². The molecule has 292 valence electrons. The number of aliphatic hydroxyl groups is 4. The van der Waals surface area contributed by atoms with E-state index in [9.17, 15) is 25.2 Å². The van der Waals surface area contributed by atoms with Crippen LogP contribution in [-0.2, 0) is 4.79 Å². The average molecular weight is 704 g/mol. The fourth-order valence-electron chi connectivity index (χ4n) is 6.08. The first-order chi connectivity index (χ1) is 24.5. The summed E-state index contributed by atoms with van der Waals surface area (Å²) in [5.41, 5.74) is 0. The predicted octanol–water partition coefficient (Wildman–Crippen LogP) is 10.7. The molecule has 0 saturated heterocycles. The Morgan fingerprint density at radius 3 is 1.34 bits per heavy atom. The second-order valence-electron chi connectivity index (χ2n) is 14.3. The molecule has 0 spiro atoms.